The molecule has 4 heteroatoms. The number of hydrogen-bond acceptors (Lipinski definition) is 4. The van der Waals surface area contributed by atoms with Crippen molar-refractivity contribution in [1.82, 2.24) is 9.97 Å². The zero-order valence-electron chi connectivity index (χ0n) is 12.4. The fourth-order valence-corrected chi connectivity index (χ4v) is 2.88. The Morgan fingerprint density at radius 2 is 1.90 bits per heavy atom. The lowest BCUT2D eigenvalue weighted by atomic mass is 9.96. The molecule has 0 saturated carbocycles. The second-order valence-electron chi connectivity index (χ2n) is 5.41. The van der Waals surface area contributed by atoms with Gasteiger partial charge in [0.1, 0.15) is 12.1 Å². The summed E-state index contributed by atoms with van der Waals surface area (Å²) < 4.78 is 5.26. The molecule has 0 unspecified atom stereocenters. The van der Waals surface area contributed by atoms with Crippen molar-refractivity contribution in [3.05, 3.63) is 53.0 Å². The fourth-order valence-electron chi connectivity index (χ4n) is 2.88. The highest BCUT2D eigenvalue weighted by molar-refractivity contribution is 5.47. The molecule has 0 aliphatic heterocycles. The Labute approximate surface area is 125 Å². The third kappa shape index (κ3) is 3.22. The summed E-state index contributed by atoms with van der Waals surface area (Å²) in [5.41, 5.74) is 4.98. The van der Waals surface area contributed by atoms with Crippen molar-refractivity contribution in [3.63, 3.8) is 0 Å². The lowest BCUT2D eigenvalue weighted by Crippen LogP contribution is -2.12. The van der Waals surface area contributed by atoms with Crippen molar-refractivity contribution >= 4 is 5.82 Å². The van der Waals surface area contributed by atoms with Gasteiger partial charge in [-0.05, 0) is 36.8 Å². The molecule has 0 spiro atoms. The van der Waals surface area contributed by atoms with E-state index in [4.69, 9.17) is 4.74 Å². The van der Waals surface area contributed by atoms with Gasteiger partial charge in [0, 0.05) is 24.9 Å². The number of ether oxygens (including phenoxy) is 1. The summed E-state index contributed by atoms with van der Waals surface area (Å²) in [5, 5.41) is 3.48. The number of nitrogens with zero attached hydrogens (tertiary/aromatic N) is 2. The van der Waals surface area contributed by atoms with Crippen LogP contribution in [0.4, 0.5) is 5.82 Å². The summed E-state index contributed by atoms with van der Waals surface area (Å²) in [7, 11) is 1.73. The summed E-state index contributed by atoms with van der Waals surface area (Å²) in [6.07, 6.45) is 6.30. The minimum absolute atomic E-state index is 0.639. The molecule has 3 rings (SSSR count). The van der Waals surface area contributed by atoms with Crippen LogP contribution in [0.15, 0.2) is 30.6 Å². The van der Waals surface area contributed by atoms with Gasteiger partial charge in [-0.1, -0.05) is 24.3 Å². The summed E-state index contributed by atoms with van der Waals surface area (Å²) in [4.78, 5) is 8.84. The van der Waals surface area contributed by atoms with Gasteiger partial charge in [0.15, 0.2) is 0 Å². The van der Waals surface area contributed by atoms with Gasteiger partial charge < -0.3 is 10.1 Å². The number of nitrogens with one attached hydrogen (secondary N) is 1. The zero-order chi connectivity index (χ0) is 14.5. The number of anilines is 1. The molecule has 1 aliphatic carbocycles. The third-order valence-corrected chi connectivity index (χ3v) is 3.99. The molecule has 21 heavy (non-hydrogen) atoms. The number of methoxy groups -OCH3 is 1. The van der Waals surface area contributed by atoms with E-state index in [1.165, 1.54) is 35.2 Å². The van der Waals surface area contributed by atoms with Gasteiger partial charge in [-0.2, -0.15) is 0 Å². The van der Waals surface area contributed by atoms with E-state index in [0.29, 0.717) is 6.61 Å². The first-order valence-electron chi connectivity index (χ1n) is 7.51. The van der Waals surface area contributed by atoms with Gasteiger partial charge in [0.25, 0.3) is 0 Å². The van der Waals surface area contributed by atoms with Crippen LogP contribution in [0.25, 0.3) is 0 Å². The Kier molecular flexibility index (Phi) is 4.46. The molecule has 0 bridgehead atoms. The Bertz CT molecular complexity index is 613. The van der Waals surface area contributed by atoms with Crippen LogP contribution in [0.2, 0.25) is 0 Å². The first kappa shape index (κ1) is 14.0. The van der Waals surface area contributed by atoms with Gasteiger partial charge in [-0.3, -0.25) is 0 Å². The lowest BCUT2D eigenvalue weighted by Gasteiger charge is -2.18. The van der Waals surface area contributed by atoms with Crippen molar-refractivity contribution < 1.29 is 4.74 Å². The maximum atomic E-state index is 5.26. The topological polar surface area (TPSA) is 47.0 Å². The number of hydrogen-bond donors (Lipinski definition) is 1. The molecule has 1 heterocycles. The van der Waals surface area contributed by atoms with Gasteiger partial charge >= 0.3 is 0 Å². The zero-order valence-corrected chi connectivity index (χ0v) is 12.4. The van der Waals surface area contributed by atoms with E-state index >= 15 is 0 Å². The molecule has 0 saturated heterocycles. The molecule has 1 aromatic carbocycles. The second kappa shape index (κ2) is 6.68. The molecule has 4 nitrogen and oxygen atoms in total. The quantitative estimate of drug-likeness (QED) is 0.916. The average Bonchev–Trinajstić information content (AvgIpc) is 2.54. The first-order valence-corrected chi connectivity index (χ1v) is 7.51. The van der Waals surface area contributed by atoms with Crippen molar-refractivity contribution in [2.75, 3.05) is 12.4 Å². The van der Waals surface area contributed by atoms with Crippen LogP contribution in [0.5, 0.6) is 0 Å². The van der Waals surface area contributed by atoms with E-state index in [1.54, 1.807) is 13.4 Å². The van der Waals surface area contributed by atoms with Crippen LogP contribution in [0, 0.1) is 0 Å². The normalized spacial score (nSPS) is 13.8. The molecule has 0 amide bonds. The Morgan fingerprint density at radius 1 is 1.10 bits per heavy atom. The molecule has 1 aliphatic rings. The highest BCUT2D eigenvalue weighted by Crippen LogP contribution is 2.25. The standard InChI is InChI=1S/C17H21N3O/c1-21-11-14-7-3-2-6-13(14)10-18-17-15-8-4-5-9-16(15)19-12-20-17/h2-3,6-7,12H,4-5,8-11H2,1H3,(H,18,19,20). The molecule has 1 N–H and O–H groups in total. The molecule has 0 fully saturated rings. The monoisotopic (exact) mass is 283 g/mol. The van der Waals surface area contributed by atoms with E-state index in [9.17, 15) is 0 Å². The van der Waals surface area contributed by atoms with Crippen LogP contribution in [-0.2, 0) is 30.7 Å². The predicted octanol–water partition coefficient (Wildman–Crippen LogP) is 3.11. The largest absolute Gasteiger partial charge is 0.380 e. The third-order valence-electron chi connectivity index (χ3n) is 3.99. The molecule has 2 aromatic rings. The minimum atomic E-state index is 0.639. The highest BCUT2D eigenvalue weighted by atomic mass is 16.5. The van der Waals surface area contributed by atoms with Crippen LogP contribution in [-0.4, -0.2) is 17.1 Å². The van der Waals surface area contributed by atoms with E-state index < -0.39 is 0 Å². The number of aromatic nitrogens is 2. The number of benzene rings is 1. The SMILES string of the molecule is COCc1ccccc1CNc1ncnc2c1CCCC2. The van der Waals surface area contributed by atoms with Crippen LogP contribution < -0.4 is 5.32 Å². The van der Waals surface area contributed by atoms with Gasteiger partial charge in [-0.25, -0.2) is 9.97 Å². The smallest absolute Gasteiger partial charge is 0.133 e. The van der Waals surface area contributed by atoms with E-state index in [2.05, 4.69) is 33.5 Å². The Hall–Kier alpha value is -1.94. The van der Waals surface area contributed by atoms with E-state index in [1.807, 2.05) is 6.07 Å². The Balaban J connectivity index is 1.76. The van der Waals surface area contributed by atoms with Crippen molar-refractivity contribution in [3.8, 4) is 0 Å². The first-order chi connectivity index (χ1) is 10.4. The maximum Gasteiger partial charge on any atom is 0.133 e. The fraction of sp³-hybridized carbons (Fsp3) is 0.412. The minimum Gasteiger partial charge on any atom is -0.380 e. The van der Waals surface area contributed by atoms with Crippen LogP contribution in [0.3, 0.4) is 0 Å². The lowest BCUT2D eigenvalue weighted by molar-refractivity contribution is 0.184. The average molecular weight is 283 g/mol. The van der Waals surface area contributed by atoms with Crippen LogP contribution in [0.1, 0.15) is 35.2 Å². The number of aryl methyl sites for hydroxylation is 1. The van der Waals surface area contributed by atoms with Crippen molar-refractivity contribution in [2.45, 2.75) is 38.8 Å². The summed E-state index contributed by atoms with van der Waals surface area (Å²) in [6.45, 7) is 1.41. The molecule has 1 aromatic heterocycles. The molecular formula is C17H21N3O. The van der Waals surface area contributed by atoms with Gasteiger partial charge in [0.2, 0.25) is 0 Å². The second-order valence-corrected chi connectivity index (χ2v) is 5.41. The van der Waals surface area contributed by atoms with Gasteiger partial charge in [-0.15, -0.1) is 0 Å². The molecular weight excluding hydrogens is 262 g/mol. The number of fused-ring (bicyclic) bond motifs is 1. The highest BCUT2D eigenvalue weighted by Gasteiger charge is 2.15. The van der Waals surface area contributed by atoms with Crippen molar-refractivity contribution in [2.24, 2.45) is 0 Å². The Morgan fingerprint density at radius 3 is 2.76 bits per heavy atom. The van der Waals surface area contributed by atoms with E-state index in [0.717, 1.165) is 25.2 Å². The van der Waals surface area contributed by atoms with Crippen LogP contribution >= 0.6 is 0 Å². The van der Waals surface area contributed by atoms with E-state index in [-0.39, 0.29) is 0 Å². The predicted molar refractivity (Wildman–Crippen MR) is 83.2 cm³/mol. The summed E-state index contributed by atoms with van der Waals surface area (Å²) in [6, 6.07) is 8.35. The molecule has 0 radical (unpaired) electrons. The molecule has 110 valence electrons. The van der Waals surface area contributed by atoms with Crippen molar-refractivity contribution in [1.29, 1.82) is 0 Å². The maximum absolute atomic E-state index is 5.26. The molecule has 0 atom stereocenters. The summed E-state index contributed by atoms with van der Waals surface area (Å²) in [5.74, 6) is 0.993. The van der Waals surface area contributed by atoms with Gasteiger partial charge in [0.05, 0.1) is 6.61 Å². The number of rotatable bonds is 5. The summed E-state index contributed by atoms with van der Waals surface area (Å²) >= 11 is 0.